The van der Waals surface area contributed by atoms with Crippen LogP contribution < -0.4 is 4.90 Å². The number of rotatable bonds is 7. The van der Waals surface area contributed by atoms with Crippen molar-refractivity contribution in [1.29, 1.82) is 5.26 Å². The molecule has 0 amide bonds. The molecule has 1 aromatic carbocycles. The molecule has 1 aliphatic carbocycles. The number of aromatic nitrogens is 4. The highest BCUT2D eigenvalue weighted by molar-refractivity contribution is 6.31. The molecule has 1 unspecified atom stereocenters. The first kappa shape index (κ1) is 26.7. The Kier molecular flexibility index (Phi) is 6.42. The van der Waals surface area contributed by atoms with Gasteiger partial charge in [-0.25, -0.2) is 22.5 Å². The molecular formula is C22H17ClF8N6. The molecule has 6 nitrogen and oxygen atoms in total. The first-order chi connectivity index (χ1) is 17.1. The Balaban J connectivity index is 1.86. The van der Waals surface area contributed by atoms with Gasteiger partial charge in [-0.1, -0.05) is 17.7 Å². The van der Waals surface area contributed by atoms with E-state index in [-0.39, 0.29) is 4.90 Å². The summed E-state index contributed by atoms with van der Waals surface area (Å²) in [5.74, 6) is -6.20. The van der Waals surface area contributed by atoms with Gasteiger partial charge in [0.25, 0.3) is 6.43 Å². The van der Waals surface area contributed by atoms with E-state index in [4.69, 9.17) is 11.6 Å². The van der Waals surface area contributed by atoms with Crippen LogP contribution in [0.5, 0.6) is 0 Å². The highest BCUT2D eigenvalue weighted by Crippen LogP contribution is 2.51. The molecule has 0 saturated heterocycles. The van der Waals surface area contributed by atoms with E-state index in [0.717, 1.165) is 11.7 Å². The van der Waals surface area contributed by atoms with Crippen molar-refractivity contribution in [2.45, 2.75) is 43.1 Å². The van der Waals surface area contributed by atoms with Gasteiger partial charge in [0, 0.05) is 30.9 Å². The molecule has 37 heavy (non-hydrogen) atoms. The van der Waals surface area contributed by atoms with Crippen LogP contribution in [0.4, 0.5) is 40.8 Å². The third-order valence-corrected chi connectivity index (χ3v) is 6.49. The van der Waals surface area contributed by atoms with Crippen LogP contribution in [0.3, 0.4) is 0 Å². The summed E-state index contributed by atoms with van der Waals surface area (Å²) in [5, 5.41) is 17.1. The number of halogens is 9. The monoisotopic (exact) mass is 552 g/mol. The summed E-state index contributed by atoms with van der Waals surface area (Å²) in [6, 6.07) is 6.97. The first-order valence-corrected chi connectivity index (χ1v) is 11.0. The quantitative estimate of drug-likeness (QED) is 0.261. The Morgan fingerprint density at radius 2 is 1.78 bits per heavy atom. The van der Waals surface area contributed by atoms with E-state index in [0.29, 0.717) is 46.3 Å². The van der Waals surface area contributed by atoms with Crippen molar-refractivity contribution in [3.05, 3.63) is 46.9 Å². The highest BCUT2D eigenvalue weighted by atomic mass is 35.5. The van der Waals surface area contributed by atoms with Crippen LogP contribution in [0, 0.1) is 11.3 Å². The van der Waals surface area contributed by atoms with Crippen molar-refractivity contribution >= 4 is 17.3 Å². The van der Waals surface area contributed by atoms with Crippen molar-refractivity contribution in [3.8, 4) is 23.0 Å². The number of alkyl halides is 8. The van der Waals surface area contributed by atoms with Crippen molar-refractivity contribution in [1.82, 2.24) is 19.6 Å². The lowest BCUT2D eigenvalue weighted by Gasteiger charge is -2.26. The largest absolute Gasteiger partial charge is 0.459 e. The van der Waals surface area contributed by atoms with E-state index in [1.807, 2.05) is 0 Å². The van der Waals surface area contributed by atoms with Crippen LogP contribution in [-0.2, 0) is 18.4 Å². The Labute approximate surface area is 209 Å². The van der Waals surface area contributed by atoms with E-state index in [1.165, 1.54) is 12.4 Å². The summed E-state index contributed by atoms with van der Waals surface area (Å²) >= 11 is 6.25. The van der Waals surface area contributed by atoms with Crippen LogP contribution in [0.25, 0.3) is 16.9 Å². The van der Waals surface area contributed by atoms with Gasteiger partial charge in [-0.3, -0.25) is 0 Å². The van der Waals surface area contributed by atoms with Crippen molar-refractivity contribution in [2.24, 2.45) is 7.05 Å². The average Bonchev–Trinajstić information content (AvgIpc) is 3.32. The fourth-order valence-corrected chi connectivity index (χ4v) is 4.25. The van der Waals surface area contributed by atoms with Crippen LogP contribution >= 0.6 is 11.6 Å². The molecule has 3 aromatic rings. The summed E-state index contributed by atoms with van der Waals surface area (Å²) in [6.45, 7) is 0. The molecule has 0 radical (unpaired) electrons. The fraction of sp³-hybridized carbons (Fsp3) is 0.409. The van der Waals surface area contributed by atoms with Gasteiger partial charge in [0.1, 0.15) is 5.69 Å². The van der Waals surface area contributed by atoms with E-state index in [1.54, 1.807) is 18.2 Å². The molecular weight excluding hydrogens is 536 g/mol. The second-order valence-electron chi connectivity index (χ2n) is 8.60. The van der Waals surface area contributed by atoms with Crippen LogP contribution in [-0.4, -0.2) is 45.5 Å². The number of anilines is 1. The molecule has 0 bridgehead atoms. The molecule has 2 aromatic heterocycles. The molecule has 1 saturated carbocycles. The van der Waals surface area contributed by atoms with Crippen LogP contribution in [0.15, 0.2) is 30.6 Å². The molecule has 15 heteroatoms. The van der Waals surface area contributed by atoms with Crippen molar-refractivity contribution in [2.75, 3.05) is 11.9 Å². The number of aryl methyl sites for hydroxylation is 1. The minimum Gasteiger partial charge on any atom is -0.336 e. The molecule has 1 aliphatic rings. The summed E-state index contributed by atoms with van der Waals surface area (Å²) in [7, 11) is 1.60. The van der Waals surface area contributed by atoms with Crippen molar-refractivity contribution < 1.29 is 35.1 Å². The molecule has 0 aliphatic heterocycles. The number of hydrogen-bond donors (Lipinski definition) is 0. The van der Waals surface area contributed by atoms with Gasteiger partial charge in [-0.05, 0) is 36.1 Å². The molecule has 4 rings (SSSR count). The van der Waals surface area contributed by atoms with E-state index < -0.39 is 47.4 Å². The Bertz CT molecular complexity index is 1370. The van der Waals surface area contributed by atoms with Gasteiger partial charge in [0.2, 0.25) is 6.30 Å². The minimum absolute atomic E-state index is 0.0342. The lowest BCUT2D eigenvalue weighted by molar-refractivity contribution is -0.290. The molecule has 1 atom stereocenters. The highest BCUT2D eigenvalue weighted by Gasteiger charge is 2.62. The molecule has 2 heterocycles. The number of nitriles is 1. The minimum atomic E-state index is -6.14. The number of nitrogens with zero attached hydrogens (tertiary/aromatic N) is 6. The van der Waals surface area contributed by atoms with Crippen molar-refractivity contribution in [3.63, 3.8) is 0 Å². The van der Waals surface area contributed by atoms with Gasteiger partial charge in [0.15, 0.2) is 11.5 Å². The molecule has 198 valence electrons. The topological polar surface area (TPSA) is 62.7 Å². The third kappa shape index (κ3) is 4.39. The predicted molar refractivity (Wildman–Crippen MR) is 117 cm³/mol. The third-order valence-electron chi connectivity index (χ3n) is 6.16. The maximum Gasteiger partial charge on any atom is 0.459 e. The Morgan fingerprint density at radius 3 is 2.32 bits per heavy atom. The molecule has 0 spiro atoms. The predicted octanol–water partition coefficient (Wildman–Crippen LogP) is 6.13. The maximum atomic E-state index is 14.4. The summed E-state index contributed by atoms with van der Waals surface area (Å²) in [5.41, 5.74) is -2.54. The second-order valence-corrected chi connectivity index (χ2v) is 9.00. The standard InChI is InChI=1S/C22H17ClF8N6/c1-35(18(26)17(24)25)15-16(21(27,28)22(29,30)31)34-36(2)19(15)37-9-12(8-33-37)11-3-4-14(23)13(7-11)20(10-32)5-6-20/h3-4,7-9,17-18H,5-6H2,1-2H3. The Hall–Kier alpha value is -3.34. The zero-order valence-corrected chi connectivity index (χ0v) is 19.8. The smallest absolute Gasteiger partial charge is 0.336 e. The molecule has 1 fully saturated rings. The number of benzene rings is 1. The number of hydrogen-bond acceptors (Lipinski definition) is 4. The van der Waals surface area contributed by atoms with Gasteiger partial charge in [-0.2, -0.15) is 37.4 Å². The summed E-state index contributed by atoms with van der Waals surface area (Å²) in [4.78, 5) is -0.0342. The SMILES string of the molecule is CN(c1c(C(F)(F)C(F)(F)F)nn(C)c1-n1cc(-c2ccc(Cl)c(C3(C#N)CC3)c2)cn1)C(F)C(F)F. The van der Waals surface area contributed by atoms with E-state index in [9.17, 15) is 40.4 Å². The normalized spacial score (nSPS) is 16.1. The lowest BCUT2D eigenvalue weighted by Crippen LogP contribution is -2.39. The molecule has 0 N–H and O–H groups in total. The van der Waals surface area contributed by atoms with Gasteiger partial charge < -0.3 is 4.90 Å². The van der Waals surface area contributed by atoms with Crippen LogP contribution in [0.2, 0.25) is 5.02 Å². The average molecular weight is 553 g/mol. The zero-order chi connectivity index (χ0) is 27.5. The van der Waals surface area contributed by atoms with Gasteiger partial charge in [0.05, 0.1) is 17.7 Å². The second kappa shape index (κ2) is 8.90. The Morgan fingerprint density at radius 1 is 1.14 bits per heavy atom. The summed E-state index contributed by atoms with van der Waals surface area (Å²) < 4.78 is 110. The zero-order valence-electron chi connectivity index (χ0n) is 19.0. The van der Waals surface area contributed by atoms with Crippen LogP contribution in [0.1, 0.15) is 24.1 Å². The van der Waals surface area contributed by atoms with E-state index >= 15 is 0 Å². The first-order valence-electron chi connectivity index (χ1n) is 10.6. The lowest BCUT2D eigenvalue weighted by atomic mass is 9.94. The van der Waals surface area contributed by atoms with Gasteiger partial charge >= 0.3 is 12.1 Å². The summed E-state index contributed by atoms with van der Waals surface area (Å²) in [6.07, 6.45) is -9.43. The maximum absolute atomic E-state index is 14.4. The fourth-order valence-electron chi connectivity index (χ4n) is 3.95. The van der Waals surface area contributed by atoms with Gasteiger partial charge in [-0.15, -0.1) is 0 Å². The van der Waals surface area contributed by atoms with E-state index in [2.05, 4.69) is 16.3 Å².